The first-order valence-electron chi connectivity index (χ1n) is 7.83. The topological polar surface area (TPSA) is 50.4 Å². The predicted molar refractivity (Wildman–Crippen MR) is 84.5 cm³/mol. The van der Waals surface area contributed by atoms with E-state index in [9.17, 15) is 4.79 Å². The molecular formula is C17H26N2O2. The van der Waals surface area contributed by atoms with Crippen LogP contribution in [0.3, 0.4) is 0 Å². The minimum Gasteiger partial charge on any atom is -0.483 e. The fourth-order valence-electron chi connectivity index (χ4n) is 2.31. The second kappa shape index (κ2) is 7.46. The molecule has 0 bridgehead atoms. The summed E-state index contributed by atoms with van der Waals surface area (Å²) < 4.78 is 5.75. The number of aryl methyl sites for hydroxylation is 1. The molecule has 1 aromatic carbocycles. The Bertz CT molecular complexity index is 484. The lowest BCUT2D eigenvalue weighted by atomic mass is 10.0. The Morgan fingerprint density at radius 1 is 1.43 bits per heavy atom. The van der Waals surface area contributed by atoms with Gasteiger partial charge in [0.2, 0.25) is 0 Å². The van der Waals surface area contributed by atoms with E-state index in [2.05, 4.69) is 36.6 Å². The van der Waals surface area contributed by atoms with Crippen LogP contribution in [0.4, 0.5) is 0 Å². The van der Waals surface area contributed by atoms with Crippen LogP contribution in [0.1, 0.15) is 43.9 Å². The summed E-state index contributed by atoms with van der Waals surface area (Å²) in [6.45, 7) is 7.99. The monoisotopic (exact) mass is 290 g/mol. The number of carbonyl (C=O) groups excluding carboxylic acids is 1. The molecule has 0 aromatic heterocycles. The van der Waals surface area contributed by atoms with E-state index in [1.54, 1.807) is 0 Å². The van der Waals surface area contributed by atoms with Crippen molar-refractivity contribution in [1.29, 1.82) is 0 Å². The molecule has 0 saturated heterocycles. The fraction of sp³-hybridized carbons (Fsp3) is 0.588. The molecule has 0 aliphatic heterocycles. The summed E-state index contributed by atoms with van der Waals surface area (Å²) in [5.41, 5.74) is 2.23. The van der Waals surface area contributed by atoms with Crippen molar-refractivity contribution in [1.82, 2.24) is 10.6 Å². The van der Waals surface area contributed by atoms with E-state index in [1.807, 2.05) is 13.0 Å². The normalized spacial score (nSPS) is 15.6. The highest BCUT2D eigenvalue weighted by atomic mass is 16.5. The molecule has 4 nitrogen and oxygen atoms in total. The molecule has 1 aliphatic carbocycles. The van der Waals surface area contributed by atoms with E-state index in [1.165, 1.54) is 12.8 Å². The number of benzene rings is 1. The second-order valence-corrected chi connectivity index (χ2v) is 5.86. The van der Waals surface area contributed by atoms with Crippen molar-refractivity contribution >= 4 is 5.91 Å². The summed E-state index contributed by atoms with van der Waals surface area (Å²) >= 11 is 0. The Morgan fingerprint density at radius 2 is 2.19 bits per heavy atom. The van der Waals surface area contributed by atoms with E-state index < -0.39 is 0 Å². The van der Waals surface area contributed by atoms with Gasteiger partial charge in [0, 0.05) is 18.2 Å². The highest BCUT2D eigenvalue weighted by Gasteiger charge is 2.21. The van der Waals surface area contributed by atoms with E-state index in [0.29, 0.717) is 5.92 Å². The molecule has 1 unspecified atom stereocenters. The Balaban J connectivity index is 1.93. The van der Waals surface area contributed by atoms with Crippen LogP contribution in [0.2, 0.25) is 0 Å². The van der Waals surface area contributed by atoms with Crippen molar-refractivity contribution in [2.75, 3.05) is 19.7 Å². The van der Waals surface area contributed by atoms with E-state index in [0.717, 1.165) is 30.0 Å². The molecule has 0 spiro atoms. The molecule has 1 aliphatic rings. The van der Waals surface area contributed by atoms with Gasteiger partial charge in [-0.3, -0.25) is 4.79 Å². The number of rotatable bonds is 8. The molecule has 21 heavy (non-hydrogen) atoms. The quantitative estimate of drug-likeness (QED) is 0.773. The van der Waals surface area contributed by atoms with Crippen LogP contribution >= 0.6 is 0 Å². The molecule has 2 N–H and O–H groups in total. The van der Waals surface area contributed by atoms with Crippen LogP contribution in [-0.2, 0) is 4.79 Å². The van der Waals surface area contributed by atoms with Crippen molar-refractivity contribution < 1.29 is 9.53 Å². The first-order chi connectivity index (χ1) is 10.1. The molecule has 4 heteroatoms. The number of nitrogens with one attached hydrogen (secondary N) is 2. The number of amides is 1. The van der Waals surface area contributed by atoms with Gasteiger partial charge < -0.3 is 15.4 Å². The van der Waals surface area contributed by atoms with Crippen molar-refractivity contribution in [3.05, 3.63) is 29.3 Å². The first-order valence-corrected chi connectivity index (χ1v) is 7.83. The maximum absolute atomic E-state index is 11.8. The Morgan fingerprint density at radius 3 is 2.86 bits per heavy atom. The van der Waals surface area contributed by atoms with Crippen LogP contribution in [-0.4, -0.2) is 25.6 Å². The van der Waals surface area contributed by atoms with Gasteiger partial charge in [-0.25, -0.2) is 0 Å². The number of ether oxygens (including phenoxy) is 1. The van der Waals surface area contributed by atoms with Gasteiger partial charge in [0.15, 0.2) is 6.61 Å². The average Bonchev–Trinajstić information content (AvgIpc) is 3.27. The summed E-state index contributed by atoms with van der Waals surface area (Å²) in [6, 6.07) is 6.35. The van der Waals surface area contributed by atoms with E-state index in [4.69, 9.17) is 4.74 Å². The zero-order valence-electron chi connectivity index (χ0n) is 13.2. The highest BCUT2D eigenvalue weighted by molar-refractivity contribution is 5.77. The smallest absolute Gasteiger partial charge is 0.257 e. The number of carbonyl (C=O) groups is 1. The van der Waals surface area contributed by atoms with Gasteiger partial charge in [0.05, 0.1) is 0 Å². The third-order valence-electron chi connectivity index (χ3n) is 3.79. The van der Waals surface area contributed by atoms with Crippen LogP contribution in [0.25, 0.3) is 0 Å². The highest BCUT2D eigenvalue weighted by Crippen LogP contribution is 2.28. The second-order valence-electron chi connectivity index (χ2n) is 5.86. The zero-order valence-corrected chi connectivity index (χ0v) is 13.2. The summed E-state index contributed by atoms with van der Waals surface area (Å²) in [7, 11) is 0. The van der Waals surface area contributed by atoms with Gasteiger partial charge in [-0.15, -0.1) is 0 Å². The molecule has 1 aromatic rings. The third kappa shape index (κ3) is 5.05. The maximum Gasteiger partial charge on any atom is 0.257 e. The first kappa shape index (κ1) is 15.8. The molecule has 1 saturated carbocycles. The molecule has 0 heterocycles. The Hall–Kier alpha value is -1.55. The molecule has 1 amide bonds. The van der Waals surface area contributed by atoms with Gasteiger partial charge in [-0.1, -0.05) is 19.1 Å². The van der Waals surface area contributed by atoms with Gasteiger partial charge >= 0.3 is 0 Å². The van der Waals surface area contributed by atoms with Crippen molar-refractivity contribution in [2.24, 2.45) is 5.92 Å². The van der Waals surface area contributed by atoms with Crippen molar-refractivity contribution in [3.8, 4) is 5.75 Å². The maximum atomic E-state index is 11.8. The van der Waals surface area contributed by atoms with E-state index in [-0.39, 0.29) is 18.6 Å². The predicted octanol–water partition coefficient (Wildman–Crippen LogP) is 2.57. The van der Waals surface area contributed by atoms with Crippen molar-refractivity contribution in [3.63, 3.8) is 0 Å². The Labute approximate surface area is 127 Å². The van der Waals surface area contributed by atoms with Gasteiger partial charge in [0.25, 0.3) is 5.91 Å². The lowest BCUT2D eigenvalue weighted by Gasteiger charge is -2.18. The van der Waals surface area contributed by atoms with Gasteiger partial charge in [0.1, 0.15) is 5.75 Å². The Kier molecular flexibility index (Phi) is 5.62. The number of hydrogen-bond acceptors (Lipinski definition) is 3. The largest absolute Gasteiger partial charge is 0.483 e. The molecule has 116 valence electrons. The minimum absolute atomic E-state index is 0.0366. The van der Waals surface area contributed by atoms with Crippen molar-refractivity contribution in [2.45, 2.75) is 39.7 Å². The molecule has 1 atom stereocenters. The minimum atomic E-state index is -0.0366. The lowest BCUT2D eigenvalue weighted by Crippen LogP contribution is -2.30. The fourth-order valence-corrected chi connectivity index (χ4v) is 2.31. The molecule has 1 fully saturated rings. The van der Waals surface area contributed by atoms with Gasteiger partial charge in [-0.05, 0) is 50.8 Å². The molecule has 2 rings (SSSR count). The lowest BCUT2D eigenvalue weighted by molar-refractivity contribution is -0.123. The zero-order chi connectivity index (χ0) is 15.2. The summed E-state index contributed by atoms with van der Waals surface area (Å²) in [6.07, 6.45) is 2.48. The van der Waals surface area contributed by atoms with Gasteiger partial charge in [-0.2, -0.15) is 0 Å². The summed E-state index contributed by atoms with van der Waals surface area (Å²) in [5.74, 6) is 1.45. The standard InChI is InChI=1S/C17H26N2O2/c1-4-18-13(3)15-8-5-12(2)9-16(15)21-11-17(20)19-10-14-6-7-14/h5,8-9,13-14,18H,4,6-7,10-11H2,1-3H3,(H,19,20). The summed E-state index contributed by atoms with van der Waals surface area (Å²) in [4.78, 5) is 11.8. The number of hydrogen-bond donors (Lipinski definition) is 2. The SMILES string of the molecule is CCNC(C)c1ccc(C)cc1OCC(=O)NCC1CC1. The summed E-state index contributed by atoms with van der Waals surface area (Å²) in [5, 5.41) is 6.30. The third-order valence-corrected chi connectivity index (χ3v) is 3.79. The van der Waals surface area contributed by atoms with Crippen LogP contribution in [0.15, 0.2) is 18.2 Å². The molecule has 0 radical (unpaired) electrons. The van der Waals surface area contributed by atoms with E-state index >= 15 is 0 Å². The average molecular weight is 290 g/mol. The molecular weight excluding hydrogens is 264 g/mol. The van der Waals surface area contributed by atoms with Crippen LogP contribution in [0.5, 0.6) is 5.75 Å². The van der Waals surface area contributed by atoms with Crippen LogP contribution in [0, 0.1) is 12.8 Å². The van der Waals surface area contributed by atoms with Crippen LogP contribution < -0.4 is 15.4 Å².